The lowest BCUT2D eigenvalue weighted by atomic mass is 10.2. The summed E-state index contributed by atoms with van der Waals surface area (Å²) < 4.78 is 24.6. The lowest BCUT2D eigenvalue weighted by Crippen LogP contribution is -2.13. The molecule has 2 heterocycles. The minimum atomic E-state index is -3.79. The first-order valence-corrected chi connectivity index (χ1v) is 6.62. The van der Waals surface area contributed by atoms with Crippen molar-refractivity contribution in [1.82, 2.24) is 19.8 Å². The maximum absolute atomic E-state index is 11.5. The molecule has 0 fully saturated rings. The molecule has 0 saturated carbocycles. The molecular weight excluding hydrogens is 254 g/mol. The molecule has 3 aromatic rings. The Hall–Kier alpha value is -2.19. The van der Waals surface area contributed by atoms with E-state index in [-0.39, 0.29) is 4.90 Å². The number of primary sulfonamides is 1. The fourth-order valence-electron chi connectivity index (χ4n) is 1.83. The van der Waals surface area contributed by atoms with Crippen molar-refractivity contribution in [3.05, 3.63) is 42.9 Å². The highest BCUT2D eigenvalue weighted by Gasteiger charge is 2.17. The van der Waals surface area contributed by atoms with E-state index in [1.54, 1.807) is 24.3 Å². The Bertz CT molecular complexity index is 804. The third kappa shape index (κ3) is 1.59. The van der Waals surface area contributed by atoms with Gasteiger partial charge in [-0.2, -0.15) is 0 Å². The minimum Gasteiger partial charge on any atom is -0.225 e. The predicted molar refractivity (Wildman–Crippen MR) is 64.1 cm³/mol. The number of aromatic nitrogens is 4. The van der Waals surface area contributed by atoms with Gasteiger partial charge in [0, 0.05) is 5.39 Å². The van der Waals surface area contributed by atoms with Crippen molar-refractivity contribution < 1.29 is 8.42 Å². The van der Waals surface area contributed by atoms with Crippen LogP contribution in [0.5, 0.6) is 0 Å². The van der Waals surface area contributed by atoms with E-state index in [0.29, 0.717) is 10.9 Å². The summed E-state index contributed by atoms with van der Waals surface area (Å²) in [4.78, 5) is 1.34. The first kappa shape index (κ1) is 10.9. The van der Waals surface area contributed by atoms with Gasteiger partial charge in [0.25, 0.3) is 0 Å². The van der Waals surface area contributed by atoms with Crippen LogP contribution in [0.4, 0.5) is 0 Å². The zero-order valence-electron chi connectivity index (χ0n) is 9.13. The SMILES string of the molecule is NS(=O)(=O)c1cn(-n2nccn2)c2ccccc12. The van der Waals surface area contributed by atoms with Gasteiger partial charge < -0.3 is 0 Å². The molecule has 92 valence electrons. The van der Waals surface area contributed by atoms with E-state index in [1.807, 2.05) is 0 Å². The number of sulfonamides is 1. The fraction of sp³-hybridized carbons (Fsp3) is 0. The van der Waals surface area contributed by atoms with Gasteiger partial charge in [0.15, 0.2) is 0 Å². The largest absolute Gasteiger partial charge is 0.240 e. The van der Waals surface area contributed by atoms with E-state index >= 15 is 0 Å². The van der Waals surface area contributed by atoms with E-state index in [9.17, 15) is 8.42 Å². The van der Waals surface area contributed by atoms with Crippen LogP contribution in [0.3, 0.4) is 0 Å². The first-order valence-electron chi connectivity index (χ1n) is 5.07. The number of nitrogens with two attached hydrogens (primary N) is 1. The average molecular weight is 263 g/mol. The summed E-state index contributed by atoms with van der Waals surface area (Å²) >= 11 is 0. The maximum atomic E-state index is 11.5. The van der Waals surface area contributed by atoms with Crippen LogP contribution in [-0.2, 0) is 10.0 Å². The smallest absolute Gasteiger partial charge is 0.225 e. The lowest BCUT2D eigenvalue weighted by molar-refractivity contribution is 0.510. The molecule has 0 aliphatic carbocycles. The molecule has 3 rings (SSSR count). The summed E-state index contributed by atoms with van der Waals surface area (Å²) in [5.74, 6) is 0. The maximum Gasteiger partial charge on any atom is 0.240 e. The number of para-hydroxylation sites is 1. The third-order valence-electron chi connectivity index (χ3n) is 2.56. The van der Waals surface area contributed by atoms with Crippen LogP contribution in [0.15, 0.2) is 47.8 Å². The van der Waals surface area contributed by atoms with Gasteiger partial charge in [-0.15, -0.1) is 10.2 Å². The Morgan fingerprint density at radius 1 is 1.11 bits per heavy atom. The topological polar surface area (TPSA) is 95.8 Å². The van der Waals surface area contributed by atoms with Gasteiger partial charge in [-0.1, -0.05) is 23.1 Å². The Balaban J connectivity index is 2.42. The van der Waals surface area contributed by atoms with Crippen molar-refractivity contribution in [1.29, 1.82) is 0 Å². The number of rotatable bonds is 2. The summed E-state index contributed by atoms with van der Waals surface area (Å²) in [6.07, 6.45) is 4.41. The normalized spacial score (nSPS) is 12.1. The molecule has 8 heteroatoms. The lowest BCUT2D eigenvalue weighted by Gasteiger charge is -2.01. The Kier molecular flexibility index (Phi) is 2.22. The summed E-state index contributed by atoms with van der Waals surface area (Å²) in [5, 5.41) is 13.7. The van der Waals surface area contributed by atoms with Crippen molar-refractivity contribution >= 4 is 20.9 Å². The molecule has 0 bridgehead atoms. The molecular formula is C10H9N5O2S. The van der Waals surface area contributed by atoms with Crippen LogP contribution < -0.4 is 5.14 Å². The number of hydrogen-bond donors (Lipinski definition) is 1. The van der Waals surface area contributed by atoms with E-state index in [2.05, 4.69) is 10.2 Å². The third-order valence-corrected chi connectivity index (χ3v) is 3.50. The van der Waals surface area contributed by atoms with Gasteiger partial charge in [-0.3, -0.25) is 0 Å². The van der Waals surface area contributed by atoms with E-state index in [4.69, 9.17) is 5.14 Å². The van der Waals surface area contributed by atoms with Gasteiger partial charge in [-0.05, 0) is 6.07 Å². The van der Waals surface area contributed by atoms with Crippen molar-refractivity contribution in [2.45, 2.75) is 4.90 Å². The van der Waals surface area contributed by atoms with Crippen molar-refractivity contribution in [3.63, 3.8) is 0 Å². The second kappa shape index (κ2) is 3.65. The molecule has 18 heavy (non-hydrogen) atoms. The number of hydrogen-bond acceptors (Lipinski definition) is 4. The number of nitrogens with zero attached hydrogens (tertiary/aromatic N) is 4. The van der Waals surface area contributed by atoms with Crippen LogP contribution in [-0.4, -0.2) is 28.2 Å². The summed E-state index contributed by atoms with van der Waals surface area (Å²) in [6, 6.07) is 7.01. The quantitative estimate of drug-likeness (QED) is 0.714. The highest BCUT2D eigenvalue weighted by molar-refractivity contribution is 7.89. The monoisotopic (exact) mass is 263 g/mol. The second-order valence-electron chi connectivity index (χ2n) is 3.70. The zero-order chi connectivity index (χ0) is 12.8. The average Bonchev–Trinajstić information content (AvgIpc) is 2.94. The van der Waals surface area contributed by atoms with Crippen LogP contribution in [0, 0.1) is 0 Å². The molecule has 0 radical (unpaired) electrons. The van der Waals surface area contributed by atoms with Gasteiger partial charge in [0.2, 0.25) is 10.0 Å². The van der Waals surface area contributed by atoms with Crippen LogP contribution in [0.2, 0.25) is 0 Å². The molecule has 2 N–H and O–H groups in total. The summed E-state index contributed by atoms with van der Waals surface area (Å²) in [7, 11) is -3.79. The van der Waals surface area contributed by atoms with Crippen molar-refractivity contribution in [3.8, 4) is 0 Å². The fourth-order valence-corrected chi connectivity index (χ4v) is 2.55. The highest BCUT2D eigenvalue weighted by Crippen LogP contribution is 2.23. The molecule has 2 aromatic heterocycles. The minimum absolute atomic E-state index is 0.0513. The van der Waals surface area contributed by atoms with E-state index < -0.39 is 10.0 Å². The summed E-state index contributed by atoms with van der Waals surface area (Å²) in [6.45, 7) is 0. The molecule has 1 aromatic carbocycles. The summed E-state index contributed by atoms with van der Waals surface area (Å²) in [5.41, 5.74) is 0.665. The molecule has 0 unspecified atom stereocenters. The second-order valence-corrected chi connectivity index (χ2v) is 5.23. The zero-order valence-corrected chi connectivity index (χ0v) is 9.95. The molecule has 0 amide bonds. The van der Waals surface area contributed by atoms with Gasteiger partial charge >= 0.3 is 0 Å². The van der Waals surface area contributed by atoms with Gasteiger partial charge in [0.1, 0.15) is 4.90 Å². The van der Waals surface area contributed by atoms with Gasteiger partial charge in [-0.25, -0.2) is 18.2 Å². The Morgan fingerprint density at radius 3 is 2.44 bits per heavy atom. The Morgan fingerprint density at radius 2 is 1.78 bits per heavy atom. The molecule has 0 aliphatic heterocycles. The van der Waals surface area contributed by atoms with Crippen LogP contribution in [0.25, 0.3) is 10.9 Å². The number of benzene rings is 1. The standard InChI is InChI=1S/C10H9N5O2S/c11-18(16,17)10-7-14(15-12-5-6-13-15)9-4-2-1-3-8(9)10/h1-7H,(H2,11,16,17). The molecule has 0 spiro atoms. The molecule has 0 atom stereocenters. The number of fused-ring (bicyclic) bond motifs is 1. The molecule has 0 aliphatic rings. The highest BCUT2D eigenvalue weighted by atomic mass is 32.2. The Labute approximate surface area is 102 Å². The van der Waals surface area contributed by atoms with Gasteiger partial charge in [0.05, 0.1) is 24.1 Å². The van der Waals surface area contributed by atoms with Crippen molar-refractivity contribution in [2.75, 3.05) is 0 Å². The predicted octanol–water partition coefficient (Wildman–Crippen LogP) is 0.192. The van der Waals surface area contributed by atoms with E-state index in [1.165, 1.54) is 28.2 Å². The van der Waals surface area contributed by atoms with Crippen LogP contribution in [0.1, 0.15) is 0 Å². The van der Waals surface area contributed by atoms with Crippen molar-refractivity contribution in [2.24, 2.45) is 5.14 Å². The van der Waals surface area contributed by atoms with Crippen LogP contribution >= 0.6 is 0 Å². The van der Waals surface area contributed by atoms with E-state index in [0.717, 1.165) is 0 Å². The molecule has 0 saturated heterocycles. The first-order chi connectivity index (χ1) is 8.57. The molecule has 7 nitrogen and oxygen atoms in total.